The first-order valence-corrected chi connectivity index (χ1v) is 23.8. The van der Waals surface area contributed by atoms with E-state index >= 15 is 0 Å². The van der Waals surface area contributed by atoms with Crippen molar-refractivity contribution < 1.29 is 19.4 Å². The maximum absolute atomic E-state index is 12.2. The van der Waals surface area contributed by atoms with Crippen LogP contribution in [0.25, 0.3) is 0 Å². The predicted molar refractivity (Wildman–Crippen MR) is 228 cm³/mol. The Hall–Kier alpha value is -0.870. The summed E-state index contributed by atoms with van der Waals surface area (Å²) in [5.41, 5.74) is 0. The molecule has 0 aromatic heterocycles. The zero-order valence-electron chi connectivity index (χ0n) is 35.6. The van der Waals surface area contributed by atoms with Gasteiger partial charge in [-0.25, -0.2) is 0 Å². The molecular formula is C48H94O4. The molecule has 1 unspecified atom stereocenters. The fraction of sp³-hybridized carbons (Fsp3) is 0.938. The van der Waals surface area contributed by atoms with Crippen LogP contribution < -0.4 is 0 Å². The number of aliphatic hydroxyl groups is 1. The van der Waals surface area contributed by atoms with Crippen molar-refractivity contribution >= 4 is 5.97 Å². The molecule has 0 saturated heterocycles. The van der Waals surface area contributed by atoms with Gasteiger partial charge in [0, 0.05) is 13.0 Å². The Morgan fingerprint density at radius 1 is 0.442 bits per heavy atom. The van der Waals surface area contributed by atoms with Gasteiger partial charge in [-0.2, -0.15) is 0 Å². The Morgan fingerprint density at radius 3 is 1.10 bits per heavy atom. The fourth-order valence-corrected chi connectivity index (χ4v) is 7.27. The Morgan fingerprint density at radius 2 is 0.750 bits per heavy atom. The fourth-order valence-electron chi connectivity index (χ4n) is 7.27. The molecule has 0 fully saturated rings. The van der Waals surface area contributed by atoms with Crippen LogP contribution in [0.1, 0.15) is 264 Å². The van der Waals surface area contributed by atoms with E-state index in [1.807, 2.05) is 0 Å². The summed E-state index contributed by atoms with van der Waals surface area (Å²) in [6, 6.07) is 0. The molecule has 310 valence electrons. The zero-order valence-corrected chi connectivity index (χ0v) is 35.6. The number of carbonyl (C=O) groups excluding carboxylic acids is 1. The Kier molecular flexibility index (Phi) is 45.5. The van der Waals surface area contributed by atoms with Crippen molar-refractivity contribution in [1.29, 1.82) is 0 Å². The van der Waals surface area contributed by atoms with E-state index < -0.39 is 6.10 Å². The summed E-state index contributed by atoms with van der Waals surface area (Å²) in [5.74, 6) is -0.195. The minimum atomic E-state index is -0.528. The summed E-state index contributed by atoms with van der Waals surface area (Å²) < 4.78 is 11.2. The molecule has 1 N–H and O–H groups in total. The third-order valence-corrected chi connectivity index (χ3v) is 10.8. The van der Waals surface area contributed by atoms with Gasteiger partial charge in [0.15, 0.2) is 0 Å². The van der Waals surface area contributed by atoms with Gasteiger partial charge in [0.1, 0.15) is 6.10 Å². The van der Waals surface area contributed by atoms with E-state index in [2.05, 4.69) is 26.0 Å². The summed E-state index contributed by atoms with van der Waals surface area (Å²) in [7, 11) is 0. The number of ether oxygens (including phenoxy) is 2. The van der Waals surface area contributed by atoms with Gasteiger partial charge in [-0.3, -0.25) is 4.79 Å². The summed E-state index contributed by atoms with van der Waals surface area (Å²) in [6.45, 7) is 5.40. The molecule has 0 saturated carbocycles. The maximum atomic E-state index is 12.2. The Balaban J connectivity index is 3.36. The second-order valence-electron chi connectivity index (χ2n) is 16.2. The number of carbonyl (C=O) groups is 1. The van der Waals surface area contributed by atoms with Crippen molar-refractivity contribution in [3.8, 4) is 0 Å². The van der Waals surface area contributed by atoms with Crippen molar-refractivity contribution in [2.24, 2.45) is 0 Å². The molecule has 4 heteroatoms. The van der Waals surface area contributed by atoms with Gasteiger partial charge in [-0.1, -0.05) is 231 Å². The second-order valence-corrected chi connectivity index (χ2v) is 16.2. The van der Waals surface area contributed by atoms with Gasteiger partial charge in [0.05, 0.1) is 13.2 Å². The van der Waals surface area contributed by atoms with Crippen LogP contribution in [-0.2, 0) is 14.3 Å². The van der Waals surface area contributed by atoms with Crippen molar-refractivity contribution in [3.63, 3.8) is 0 Å². The van der Waals surface area contributed by atoms with Crippen LogP contribution in [0, 0.1) is 0 Å². The van der Waals surface area contributed by atoms with Crippen LogP contribution in [0.2, 0.25) is 0 Å². The zero-order chi connectivity index (χ0) is 37.7. The van der Waals surface area contributed by atoms with Crippen LogP contribution >= 0.6 is 0 Å². The molecule has 0 aliphatic rings. The average molecular weight is 735 g/mol. The standard InChI is InChI=1S/C48H94O4/c1-3-5-7-9-11-13-15-17-19-21-22-23-24-25-26-27-29-31-33-35-37-39-41-43-48(50)52-47(45-49)46-51-44-42-40-38-36-34-32-30-28-20-18-16-14-12-10-8-6-4-2/h21-22,47,49H,3-20,23-46H2,1-2H3/b22-21-. The van der Waals surface area contributed by atoms with E-state index in [-0.39, 0.29) is 12.6 Å². The monoisotopic (exact) mass is 735 g/mol. The van der Waals surface area contributed by atoms with Crippen molar-refractivity contribution in [2.75, 3.05) is 19.8 Å². The number of aliphatic hydroxyl groups excluding tert-OH is 1. The van der Waals surface area contributed by atoms with E-state index in [0.717, 1.165) is 19.3 Å². The first kappa shape index (κ1) is 51.1. The molecule has 0 aliphatic heterocycles. The Bertz CT molecular complexity index is 692. The van der Waals surface area contributed by atoms with Crippen LogP contribution in [0.3, 0.4) is 0 Å². The maximum Gasteiger partial charge on any atom is 0.306 e. The van der Waals surface area contributed by atoms with E-state index in [1.165, 1.54) is 225 Å². The smallest absolute Gasteiger partial charge is 0.306 e. The van der Waals surface area contributed by atoms with Gasteiger partial charge < -0.3 is 14.6 Å². The normalized spacial score (nSPS) is 12.3. The summed E-state index contributed by atoms with van der Waals surface area (Å²) in [5, 5.41) is 9.62. The average Bonchev–Trinajstić information content (AvgIpc) is 3.15. The van der Waals surface area contributed by atoms with E-state index in [9.17, 15) is 9.90 Å². The molecule has 0 rings (SSSR count). The van der Waals surface area contributed by atoms with Gasteiger partial charge in [-0.05, 0) is 38.5 Å². The topological polar surface area (TPSA) is 55.8 Å². The van der Waals surface area contributed by atoms with E-state index in [4.69, 9.17) is 9.47 Å². The molecule has 4 nitrogen and oxygen atoms in total. The SMILES string of the molecule is CCCCCCCCCC/C=C\CCCCCCCCCCCCCC(=O)OC(CO)COCCCCCCCCCCCCCCCCCCC. The van der Waals surface area contributed by atoms with Crippen molar-refractivity contribution in [2.45, 2.75) is 270 Å². The second kappa shape index (κ2) is 46.3. The van der Waals surface area contributed by atoms with Gasteiger partial charge in [-0.15, -0.1) is 0 Å². The van der Waals surface area contributed by atoms with Crippen molar-refractivity contribution in [3.05, 3.63) is 12.2 Å². The third-order valence-electron chi connectivity index (χ3n) is 10.8. The molecule has 0 spiro atoms. The van der Waals surface area contributed by atoms with E-state index in [0.29, 0.717) is 19.6 Å². The lowest BCUT2D eigenvalue weighted by atomic mass is 10.0. The number of rotatable bonds is 45. The Labute approximate surface area is 326 Å². The highest BCUT2D eigenvalue weighted by Crippen LogP contribution is 2.16. The summed E-state index contributed by atoms with van der Waals surface area (Å²) in [6.07, 6.45) is 55.7. The van der Waals surface area contributed by atoms with Crippen molar-refractivity contribution in [1.82, 2.24) is 0 Å². The van der Waals surface area contributed by atoms with Gasteiger partial charge in [0.2, 0.25) is 0 Å². The number of hydrogen-bond donors (Lipinski definition) is 1. The first-order chi connectivity index (χ1) is 25.7. The molecule has 52 heavy (non-hydrogen) atoms. The minimum Gasteiger partial charge on any atom is -0.457 e. The molecule has 0 aromatic carbocycles. The first-order valence-electron chi connectivity index (χ1n) is 23.8. The quantitative estimate of drug-likeness (QED) is 0.0384. The highest BCUT2D eigenvalue weighted by Gasteiger charge is 2.13. The third kappa shape index (κ3) is 43.5. The van der Waals surface area contributed by atoms with Crippen LogP contribution in [0.4, 0.5) is 0 Å². The van der Waals surface area contributed by atoms with Crippen LogP contribution in [0.5, 0.6) is 0 Å². The lowest BCUT2D eigenvalue weighted by Crippen LogP contribution is -2.27. The molecule has 0 aromatic rings. The largest absolute Gasteiger partial charge is 0.457 e. The highest BCUT2D eigenvalue weighted by atomic mass is 16.6. The number of esters is 1. The summed E-state index contributed by atoms with van der Waals surface area (Å²) >= 11 is 0. The lowest BCUT2D eigenvalue weighted by Gasteiger charge is -2.16. The highest BCUT2D eigenvalue weighted by molar-refractivity contribution is 5.69. The molecule has 0 heterocycles. The molecule has 0 aliphatic carbocycles. The van der Waals surface area contributed by atoms with Gasteiger partial charge >= 0.3 is 5.97 Å². The molecule has 0 radical (unpaired) electrons. The summed E-state index contributed by atoms with van der Waals surface area (Å²) in [4.78, 5) is 12.2. The lowest BCUT2D eigenvalue weighted by molar-refractivity contribution is -0.154. The molecule has 1 atom stereocenters. The molecule has 0 amide bonds. The van der Waals surface area contributed by atoms with E-state index in [1.54, 1.807) is 0 Å². The predicted octanol–water partition coefficient (Wildman–Crippen LogP) is 15.7. The van der Waals surface area contributed by atoms with Gasteiger partial charge in [0.25, 0.3) is 0 Å². The number of allylic oxidation sites excluding steroid dienone is 2. The minimum absolute atomic E-state index is 0.165. The number of unbranched alkanes of at least 4 members (excludes halogenated alkanes) is 35. The van der Waals surface area contributed by atoms with Crippen LogP contribution in [-0.4, -0.2) is 37.0 Å². The van der Waals surface area contributed by atoms with Crippen LogP contribution in [0.15, 0.2) is 12.2 Å². The molecular weight excluding hydrogens is 641 g/mol. The molecule has 0 bridgehead atoms. The number of hydrogen-bond acceptors (Lipinski definition) is 4.